The molecule has 0 amide bonds. The predicted molar refractivity (Wildman–Crippen MR) is 220 cm³/mol. The number of hydrogen-bond donors (Lipinski definition) is 0. The van der Waals surface area contributed by atoms with E-state index in [9.17, 15) is 0 Å². The highest BCUT2D eigenvalue weighted by atomic mass is 16.5. The highest BCUT2D eigenvalue weighted by Crippen LogP contribution is 2.37. The molecule has 0 aliphatic heterocycles. The molecule has 0 unspecified atom stereocenters. The highest BCUT2D eigenvalue weighted by Gasteiger charge is 2.18. The summed E-state index contributed by atoms with van der Waals surface area (Å²) >= 11 is 0. The molecule has 10 rings (SSSR count). The summed E-state index contributed by atoms with van der Waals surface area (Å²) in [5, 5.41) is 1.96. The Labute approximate surface area is 321 Å². The molecule has 8 nitrogen and oxygen atoms in total. The number of nitrogens with zero attached hydrogens (tertiary/aromatic N) is 6. The van der Waals surface area contributed by atoms with Gasteiger partial charge in [-0.2, -0.15) is 0 Å². The van der Waals surface area contributed by atoms with Crippen LogP contribution in [-0.4, -0.2) is 29.9 Å². The van der Waals surface area contributed by atoms with Gasteiger partial charge in [0.1, 0.15) is 22.7 Å². The standard InChI is InChI=1S/C48H30N6O2/c1-4-15-31(16-5-1)43-49-44(32-17-6-2-7-18-32)51-46(50-43)34-21-12-23-36(29-34)55-37-24-13-22-35(30-37)47-52-45(33-19-8-3-9-20-33)53-48(54-47)39-26-14-28-41-42(39)38-25-10-11-27-40(38)56-41/h1-30H. The fourth-order valence-corrected chi connectivity index (χ4v) is 6.77. The van der Waals surface area contributed by atoms with E-state index in [1.54, 1.807) is 0 Å². The Bertz CT molecular complexity index is 2950. The summed E-state index contributed by atoms with van der Waals surface area (Å²) in [5.74, 6) is 4.62. The first-order valence-corrected chi connectivity index (χ1v) is 18.2. The molecule has 0 atom stereocenters. The Balaban J connectivity index is 1.03. The molecule has 0 saturated heterocycles. The van der Waals surface area contributed by atoms with E-state index in [-0.39, 0.29) is 0 Å². The lowest BCUT2D eigenvalue weighted by atomic mass is 10.1. The van der Waals surface area contributed by atoms with E-state index in [4.69, 9.17) is 39.1 Å². The smallest absolute Gasteiger partial charge is 0.164 e. The van der Waals surface area contributed by atoms with E-state index in [0.29, 0.717) is 46.4 Å². The van der Waals surface area contributed by atoms with Gasteiger partial charge in [0.05, 0.1) is 0 Å². The van der Waals surface area contributed by atoms with Crippen LogP contribution in [-0.2, 0) is 0 Å². The van der Waals surface area contributed by atoms with Gasteiger partial charge < -0.3 is 9.15 Å². The zero-order valence-electron chi connectivity index (χ0n) is 29.8. The van der Waals surface area contributed by atoms with Crippen LogP contribution in [0.25, 0.3) is 90.3 Å². The van der Waals surface area contributed by atoms with Crippen molar-refractivity contribution in [2.75, 3.05) is 0 Å². The van der Waals surface area contributed by atoms with E-state index in [1.807, 2.05) is 176 Å². The first-order chi connectivity index (χ1) is 27.7. The summed E-state index contributed by atoms with van der Waals surface area (Å²) in [6, 6.07) is 59.3. The number of benzene rings is 7. The number of rotatable bonds is 8. The van der Waals surface area contributed by atoms with Gasteiger partial charge in [-0.3, -0.25) is 0 Å². The third kappa shape index (κ3) is 6.41. The number of ether oxygens (including phenoxy) is 1. The van der Waals surface area contributed by atoms with Crippen molar-refractivity contribution in [1.82, 2.24) is 29.9 Å². The number of fused-ring (bicyclic) bond motifs is 3. The monoisotopic (exact) mass is 722 g/mol. The van der Waals surface area contributed by atoms with Crippen molar-refractivity contribution >= 4 is 21.9 Å². The van der Waals surface area contributed by atoms with Gasteiger partial charge in [0, 0.05) is 44.2 Å². The van der Waals surface area contributed by atoms with Gasteiger partial charge in [-0.25, -0.2) is 29.9 Å². The van der Waals surface area contributed by atoms with Gasteiger partial charge >= 0.3 is 0 Å². The lowest BCUT2D eigenvalue weighted by molar-refractivity contribution is 0.483. The maximum absolute atomic E-state index is 6.50. The zero-order chi connectivity index (χ0) is 37.3. The van der Waals surface area contributed by atoms with Crippen LogP contribution in [0, 0.1) is 0 Å². The van der Waals surface area contributed by atoms with Crippen LogP contribution in [0.4, 0.5) is 0 Å². The molecule has 0 bridgehead atoms. The minimum atomic E-state index is 0.518. The van der Waals surface area contributed by atoms with Gasteiger partial charge in [0.15, 0.2) is 34.9 Å². The third-order valence-corrected chi connectivity index (χ3v) is 9.43. The first-order valence-electron chi connectivity index (χ1n) is 18.2. The predicted octanol–water partition coefficient (Wildman–Crippen LogP) is 11.8. The minimum Gasteiger partial charge on any atom is -0.457 e. The summed E-state index contributed by atoms with van der Waals surface area (Å²) in [4.78, 5) is 29.7. The van der Waals surface area contributed by atoms with Crippen molar-refractivity contribution in [1.29, 1.82) is 0 Å². The van der Waals surface area contributed by atoms with Crippen molar-refractivity contribution in [3.05, 3.63) is 182 Å². The van der Waals surface area contributed by atoms with Crippen LogP contribution in [0.1, 0.15) is 0 Å². The van der Waals surface area contributed by atoms with Gasteiger partial charge in [0.25, 0.3) is 0 Å². The largest absolute Gasteiger partial charge is 0.457 e. The Morgan fingerprint density at radius 3 is 1.23 bits per heavy atom. The van der Waals surface area contributed by atoms with E-state index >= 15 is 0 Å². The second-order valence-corrected chi connectivity index (χ2v) is 13.1. The number of hydrogen-bond acceptors (Lipinski definition) is 8. The summed E-state index contributed by atoms with van der Waals surface area (Å²) < 4.78 is 12.7. The molecule has 264 valence electrons. The Hall–Kier alpha value is -7.84. The van der Waals surface area contributed by atoms with E-state index in [2.05, 4.69) is 6.07 Å². The maximum atomic E-state index is 6.50. The molecule has 8 heteroatoms. The molecule has 0 spiro atoms. The van der Waals surface area contributed by atoms with Crippen LogP contribution < -0.4 is 4.74 Å². The SMILES string of the molecule is c1ccc(-c2nc(-c3ccccc3)nc(-c3cccc(Oc4cccc(-c5nc(-c6ccccc6)nc(-c6cccc7oc8ccccc8c67)n5)c4)c3)n2)cc1. The van der Waals surface area contributed by atoms with Crippen LogP contribution >= 0.6 is 0 Å². The normalized spacial score (nSPS) is 11.2. The van der Waals surface area contributed by atoms with Gasteiger partial charge in [0.2, 0.25) is 0 Å². The summed E-state index contributed by atoms with van der Waals surface area (Å²) in [7, 11) is 0. The highest BCUT2D eigenvalue weighted by molar-refractivity contribution is 6.11. The zero-order valence-corrected chi connectivity index (χ0v) is 29.8. The Morgan fingerprint density at radius 2 is 0.714 bits per heavy atom. The van der Waals surface area contributed by atoms with Crippen molar-refractivity contribution < 1.29 is 9.15 Å². The molecule has 0 fully saturated rings. The van der Waals surface area contributed by atoms with Crippen LogP contribution in [0.2, 0.25) is 0 Å². The Morgan fingerprint density at radius 1 is 0.321 bits per heavy atom. The fourth-order valence-electron chi connectivity index (χ4n) is 6.77. The fraction of sp³-hybridized carbons (Fsp3) is 0. The molecule has 0 N–H and O–H groups in total. The Kier molecular flexibility index (Phi) is 8.31. The van der Waals surface area contributed by atoms with E-state index in [1.165, 1.54) is 0 Å². The molecular formula is C48H30N6O2. The number of furan rings is 1. The maximum Gasteiger partial charge on any atom is 0.164 e. The molecule has 10 aromatic rings. The van der Waals surface area contributed by atoms with Gasteiger partial charge in [-0.05, 0) is 36.4 Å². The molecule has 0 aliphatic rings. The van der Waals surface area contributed by atoms with Crippen LogP contribution in [0.15, 0.2) is 186 Å². The molecule has 0 saturated carbocycles. The van der Waals surface area contributed by atoms with Crippen LogP contribution in [0.5, 0.6) is 11.5 Å². The number of aromatic nitrogens is 6. The molecule has 3 aromatic heterocycles. The summed E-state index contributed by atoms with van der Waals surface area (Å²) in [5.41, 5.74) is 6.72. The molecule has 56 heavy (non-hydrogen) atoms. The second-order valence-electron chi connectivity index (χ2n) is 13.1. The first kappa shape index (κ1) is 32.8. The van der Waals surface area contributed by atoms with Gasteiger partial charge in [-0.1, -0.05) is 146 Å². The third-order valence-electron chi connectivity index (χ3n) is 9.43. The molecule has 3 heterocycles. The molecule has 0 radical (unpaired) electrons. The quantitative estimate of drug-likeness (QED) is 0.153. The lowest BCUT2D eigenvalue weighted by Gasteiger charge is -2.12. The average molecular weight is 723 g/mol. The summed E-state index contributed by atoms with van der Waals surface area (Å²) in [6.07, 6.45) is 0. The second kappa shape index (κ2) is 14.2. The lowest BCUT2D eigenvalue weighted by Crippen LogP contribution is -2.00. The van der Waals surface area contributed by atoms with Crippen LogP contribution in [0.3, 0.4) is 0 Å². The average Bonchev–Trinajstić information content (AvgIpc) is 3.66. The van der Waals surface area contributed by atoms with E-state index in [0.717, 1.165) is 55.3 Å². The van der Waals surface area contributed by atoms with E-state index < -0.39 is 0 Å². The van der Waals surface area contributed by atoms with Crippen molar-refractivity contribution in [3.63, 3.8) is 0 Å². The topological polar surface area (TPSA) is 99.7 Å². The van der Waals surface area contributed by atoms with Gasteiger partial charge in [-0.15, -0.1) is 0 Å². The van der Waals surface area contributed by atoms with Crippen molar-refractivity contribution in [2.45, 2.75) is 0 Å². The molecular weight excluding hydrogens is 693 g/mol. The molecule has 7 aromatic carbocycles. The number of para-hydroxylation sites is 1. The minimum absolute atomic E-state index is 0.518. The summed E-state index contributed by atoms with van der Waals surface area (Å²) in [6.45, 7) is 0. The van der Waals surface area contributed by atoms with Crippen molar-refractivity contribution in [2.24, 2.45) is 0 Å². The van der Waals surface area contributed by atoms with Crippen molar-refractivity contribution in [3.8, 4) is 79.8 Å². The molecule has 0 aliphatic carbocycles.